The van der Waals surface area contributed by atoms with Crippen molar-refractivity contribution in [3.63, 3.8) is 0 Å². The molecule has 14 heavy (non-hydrogen) atoms. The molecule has 2 rings (SSSR count). The summed E-state index contributed by atoms with van der Waals surface area (Å²) in [6, 6.07) is 5.83. The highest BCUT2D eigenvalue weighted by Crippen LogP contribution is 2.15. The second kappa shape index (κ2) is 3.62. The molecule has 0 aliphatic rings. The van der Waals surface area contributed by atoms with Crippen LogP contribution in [0.2, 0.25) is 0 Å². The number of aromatic nitrogens is 1. The fourth-order valence-electron chi connectivity index (χ4n) is 1.38. The normalized spacial score (nSPS) is 10.6. The van der Waals surface area contributed by atoms with Gasteiger partial charge in [0.25, 0.3) is 0 Å². The molecule has 2 aromatic rings. The predicted molar refractivity (Wildman–Crippen MR) is 53.0 cm³/mol. The Hall–Kier alpha value is -1.64. The van der Waals surface area contributed by atoms with Crippen molar-refractivity contribution >= 4 is 16.9 Å². The van der Waals surface area contributed by atoms with Gasteiger partial charge in [0.15, 0.2) is 12.0 Å². The van der Waals surface area contributed by atoms with Gasteiger partial charge in [0.1, 0.15) is 11.3 Å². The van der Waals surface area contributed by atoms with E-state index in [1.165, 1.54) is 6.39 Å². The minimum absolute atomic E-state index is 0.211. The first-order valence-electron chi connectivity index (χ1n) is 4.57. The summed E-state index contributed by atoms with van der Waals surface area (Å²) < 4.78 is 5.17. The molecule has 0 bridgehead atoms. The highest BCUT2D eigenvalue weighted by molar-refractivity contribution is 5.76. The van der Waals surface area contributed by atoms with Crippen LogP contribution >= 0.6 is 0 Å². The van der Waals surface area contributed by atoms with E-state index in [0.29, 0.717) is 6.42 Å². The lowest BCUT2D eigenvalue weighted by atomic mass is 10.1. The van der Waals surface area contributed by atoms with Crippen LogP contribution in [0.3, 0.4) is 0 Å². The highest BCUT2D eigenvalue weighted by atomic mass is 16.3. The maximum absolute atomic E-state index is 10.8. The number of rotatable bonds is 3. The molecule has 1 aromatic carbocycles. The molecule has 1 aromatic heterocycles. The van der Waals surface area contributed by atoms with E-state index < -0.39 is 0 Å². The molecule has 0 aliphatic heterocycles. The minimum atomic E-state index is 0.211. The van der Waals surface area contributed by atoms with Gasteiger partial charge < -0.3 is 9.21 Å². The monoisotopic (exact) mass is 189 g/mol. The summed E-state index contributed by atoms with van der Waals surface area (Å²) in [6.07, 6.45) is 2.78. The van der Waals surface area contributed by atoms with Gasteiger partial charge in [0.2, 0.25) is 0 Å². The van der Waals surface area contributed by atoms with E-state index in [0.717, 1.165) is 23.1 Å². The number of Topliss-reactive ketones (excluding diaryl/α,β-unsaturated/α-hetero) is 1. The molecule has 0 radical (unpaired) electrons. The standard InChI is InChI=1S/C11H11NO2/c1-8(13)2-3-9-4-5-10-11(6-9)14-7-12-10/h4-7H,2-3H2,1H3. The van der Waals surface area contributed by atoms with Crippen LogP contribution in [0.4, 0.5) is 0 Å². The molecule has 0 saturated carbocycles. The Bertz CT molecular complexity index is 459. The Morgan fingerprint density at radius 1 is 1.50 bits per heavy atom. The second-order valence-corrected chi connectivity index (χ2v) is 3.36. The smallest absolute Gasteiger partial charge is 0.181 e. The van der Waals surface area contributed by atoms with Gasteiger partial charge in [-0.15, -0.1) is 0 Å². The SMILES string of the molecule is CC(=O)CCc1ccc2ncoc2c1. The number of benzene rings is 1. The third kappa shape index (κ3) is 1.82. The van der Waals surface area contributed by atoms with Crippen LogP contribution < -0.4 is 0 Å². The number of carbonyl (C=O) groups excluding carboxylic acids is 1. The van der Waals surface area contributed by atoms with E-state index in [-0.39, 0.29) is 5.78 Å². The quantitative estimate of drug-likeness (QED) is 0.744. The molecular formula is C11H11NO2. The van der Waals surface area contributed by atoms with Gasteiger partial charge in [-0.1, -0.05) is 6.07 Å². The van der Waals surface area contributed by atoms with Crippen LogP contribution in [-0.2, 0) is 11.2 Å². The lowest BCUT2D eigenvalue weighted by Crippen LogP contribution is -1.93. The fourth-order valence-corrected chi connectivity index (χ4v) is 1.38. The van der Waals surface area contributed by atoms with Crippen LogP contribution in [0, 0.1) is 0 Å². The Morgan fingerprint density at radius 2 is 2.36 bits per heavy atom. The topological polar surface area (TPSA) is 43.1 Å². The van der Waals surface area contributed by atoms with Crippen molar-refractivity contribution in [2.45, 2.75) is 19.8 Å². The molecule has 3 nitrogen and oxygen atoms in total. The zero-order valence-corrected chi connectivity index (χ0v) is 7.99. The number of aryl methyl sites for hydroxylation is 1. The third-order valence-electron chi connectivity index (χ3n) is 2.16. The Kier molecular flexibility index (Phi) is 2.31. The first-order chi connectivity index (χ1) is 6.75. The summed E-state index contributed by atoms with van der Waals surface area (Å²) in [4.78, 5) is 14.8. The molecule has 3 heteroatoms. The summed E-state index contributed by atoms with van der Waals surface area (Å²) in [7, 11) is 0. The van der Waals surface area contributed by atoms with Crippen molar-refractivity contribution in [2.75, 3.05) is 0 Å². The Balaban J connectivity index is 2.21. The van der Waals surface area contributed by atoms with E-state index in [1.54, 1.807) is 6.92 Å². The zero-order valence-electron chi connectivity index (χ0n) is 7.99. The molecule has 0 aliphatic carbocycles. The molecule has 0 fully saturated rings. The van der Waals surface area contributed by atoms with Crippen molar-refractivity contribution in [3.8, 4) is 0 Å². The van der Waals surface area contributed by atoms with Crippen molar-refractivity contribution in [1.29, 1.82) is 0 Å². The molecule has 1 heterocycles. The lowest BCUT2D eigenvalue weighted by Gasteiger charge is -1.97. The van der Waals surface area contributed by atoms with Gasteiger partial charge in [0, 0.05) is 6.42 Å². The number of fused-ring (bicyclic) bond motifs is 1. The van der Waals surface area contributed by atoms with Crippen LogP contribution in [0.15, 0.2) is 29.0 Å². The number of hydrogen-bond acceptors (Lipinski definition) is 3. The molecule has 0 N–H and O–H groups in total. The van der Waals surface area contributed by atoms with Crippen molar-refractivity contribution in [1.82, 2.24) is 4.98 Å². The van der Waals surface area contributed by atoms with Gasteiger partial charge in [0.05, 0.1) is 0 Å². The van der Waals surface area contributed by atoms with Gasteiger partial charge in [-0.3, -0.25) is 0 Å². The molecule has 0 amide bonds. The molecule has 0 unspecified atom stereocenters. The fraction of sp³-hybridized carbons (Fsp3) is 0.273. The van der Waals surface area contributed by atoms with Crippen LogP contribution in [0.1, 0.15) is 18.9 Å². The van der Waals surface area contributed by atoms with Gasteiger partial charge in [-0.2, -0.15) is 0 Å². The first kappa shape index (κ1) is 8.94. The van der Waals surface area contributed by atoms with E-state index in [2.05, 4.69) is 4.98 Å². The van der Waals surface area contributed by atoms with Crippen LogP contribution in [0.5, 0.6) is 0 Å². The second-order valence-electron chi connectivity index (χ2n) is 3.36. The molecule has 0 atom stereocenters. The van der Waals surface area contributed by atoms with Crippen molar-refractivity contribution in [2.24, 2.45) is 0 Å². The highest BCUT2D eigenvalue weighted by Gasteiger charge is 2.01. The molecule has 0 saturated heterocycles. The molecule has 0 spiro atoms. The summed E-state index contributed by atoms with van der Waals surface area (Å²) in [5.74, 6) is 0.211. The van der Waals surface area contributed by atoms with Gasteiger partial charge in [-0.25, -0.2) is 4.98 Å². The summed E-state index contributed by atoms with van der Waals surface area (Å²) >= 11 is 0. The van der Waals surface area contributed by atoms with Gasteiger partial charge >= 0.3 is 0 Å². The van der Waals surface area contributed by atoms with Gasteiger partial charge in [-0.05, 0) is 31.0 Å². The van der Waals surface area contributed by atoms with Crippen molar-refractivity contribution < 1.29 is 9.21 Å². The zero-order chi connectivity index (χ0) is 9.97. The lowest BCUT2D eigenvalue weighted by molar-refractivity contribution is -0.116. The number of nitrogens with zero attached hydrogens (tertiary/aromatic N) is 1. The van der Waals surface area contributed by atoms with E-state index in [9.17, 15) is 4.79 Å². The maximum Gasteiger partial charge on any atom is 0.181 e. The maximum atomic E-state index is 10.8. The summed E-state index contributed by atoms with van der Waals surface area (Å²) in [5, 5.41) is 0. The van der Waals surface area contributed by atoms with Crippen LogP contribution in [-0.4, -0.2) is 10.8 Å². The first-order valence-corrected chi connectivity index (χ1v) is 4.57. The van der Waals surface area contributed by atoms with Crippen LogP contribution in [0.25, 0.3) is 11.1 Å². The van der Waals surface area contributed by atoms with E-state index in [1.807, 2.05) is 18.2 Å². The average Bonchev–Trinajstić information content (AvgIpc) is 2.61. The number of ketones is 1. The number of carbonyl (C=O) groups is 1. The number of hydrogen-bond donors (Lipinski definition) is 0. The third-order valence-corrected chi connectivity index (χ3v) is 2.16. The van der Waals surface area contributed by atoms with Crippen molar-refractivity contribution in [3.05, 3.63) is 30.2 Å². The number of oxazole rings is 1. The predicted octanol–water partition coefficient (Wildman–Crippen LogP) is 2.35. The van der Waals surface area contributed by atoms with E-state index >= 15 is 0 Å². The summed E-state index contributed by atoms with van der Waals surface area (Å²) in [5.41, 5.74) is 2.76. The largest absolute Gasteiger partial charge is 0.443 e. The summed E-state index contributed by atoms with van der Waals surface area (Å²) in [6.45, 7) is 1.60. The Labute approximate surface area is 81.7 Å². The van der Waals surface area contributed by atoms with E-state index in [4.69, 9.17) is 4.42 Å². The Morgan fingerprint density at radius 3 is 3.14 bits per heavy atom. The molecule has 72 valence electrons. The minimum Gasteiger partial charge on any atom is -0.443 e. The molecular weight excluding hydrogens is 178 g/mol. The average molecular weight is 189 g/mol.